The van der Waals surface area contributed by atoms with Crippen LogP contribution in [0.5, 0.6) is 0 Å². The van der Waals surface area contributed by atoms with E-state index in [-0.39, 0.29) is 28.8 Å². The third kappa shape index (κ3) is 7.38. The van der Waals surface area contributed by atoms with Crippen LogP contribution in [-0.4, -0.2) is 71.6 Å². The van der Waals surface area contributed by atoms with E-state index in [0.717, 1.165) is 36.8 Å². The molecule has 1 aliphatic heterocycles. The first-order valence-corrected chi connectivity index (χ1v) is 17.7. The highest BCUT2D eigenvalue weighted by Crippen LogP contribution is 2.34. The number of carbonyl (C=O) groups excluding carboxylic acids is 3. The van der Waals surface area contributed by atoms with Crippen molar-refractivity contribution < 1.29 is 32.3 Å². The molecule has 3 N–H and O–H groups in total. The Morgan fingerprint density at radius 3 is 2.57 bits per heavy atom. The number of rotatable bonds is 10. The van der Waals surface area contributed by atoms with E-state index in [0.29, 0.717) is 29.7 Å². The maximum Gasteiger partial charge on any atom is 0.270 e. The Morgan fingerprint density at radius 2 is 1.83 bits per heavy atom. The Balaban J connectivity index is 1.13. The number of sulfone groups is 1. The predicted molar refractivity (Wildman–Crippen MR) is 174 cm³/mol. The molecule has 0 bridgehead atoms. The zero-order valence-electron chi connectivity index (χ0n) is 26.2. The van der Waals surface area contributed by atoms with Crippen LogP contribution in [0, 0.1) is 11.7 Å². The lowest BCUT2D eigenvalue weighted by molar-refractivity contribution is -0.138. The van der Waals surface area contributed by atoms with Crippen molar-refractivity contribution in [3.05, 3.63) is 77.2 Å². The van der Waals surface area contributed by atoms with Crippen molar-refractivity contribution in [3.63, 3.8) is 0 Å². The monoisotopic (exact) mass is 662 g/mol. The molecule has 3 amide bonds. The van der Waals surface area contributed by atoms with Crippen molar-refractivity contribution in [2.45, 2.75) is 80.2 Å². The highest BCUT2D eigenvalue weighted by atomic mass is 32.2. The first kappa shape index (κ1) is 32.8. The zero-order valence-corrected chi connectivity index (χ0v) is 27.0. The van der Waals surface area contributed by atoms with Crippen LogP contribution in [0.4, 0.5) is 4.39 Å². The Bertz CT molecular complexity index is 1840. The SMILES string of the molecule is C[C@H](NC(=O)[C@@H]1C[C@@H](O)CN1C(=O)CNC(=O)c1ccc2cc(F)ccc2n1)c1ccc(S(=O)(=O)C2CCCC2)cc1/C=C/C1CC1. The summed E-state index contributed by atoms with van der Waals surface area (Å²) in [6.07, 6.45) is 8.46. The molecule has 3 aliphatic rings. The molecule has 3 aromatic rings. The minimum atomic E-state index is -3.47. The summed E-state index contributed by atoms with van der Waals surface area (Å²) >= 11 is 0. The van der Waals surface area contributed by atoms with Gasteiger partial charge in [0, 0.05) is 18.4 Å². The first-order chi connectivity index (χ1) is 22.5. The van der Waals surface area contributed by atoms with Crippen LogP contribution in [0.1, 0.15) is 79.5 Å². The van der Waals surface area contributed by atoms with Gasteiger partial charge in [0.15, 0.2) is 9.84 Å². The molecule has 12 heteroatoms. The smallest absolute Gasteiger partial charge is 0.270 e. The summed E-state index contributed by atoms with van der Waals surface area (Å²) in [6.45, 7) is 1.32. The number of amides is 3. The van der Waals surface area contributed by atoms with Crippen molar-refractivity contribution in [2.75, 3.05) is 13.1 Å². The third-order valence-corrected chi connectivity index (χ3v) is 11.6. The van der Waals surface area contributed by atoms with Crippen LogP contribution in [-0.2, 0) is 19.4 Å². The molecule has 248 valence electrons. The summed E-state index contributed by atoms with van der Waals surface area (Å²) in [5.74, 6) is -1.57. The number of carbonyl (C=O) groups is 3. The maximum absolute atomic E-state index is 13.5. The number of pyridine rings is 1. The van der Waals surface area contributed by atoms with Gasteiger partial charge in [0.2, 0.25) is 11.8 Å². The molecule has 47 heavy (non-hydrogen) atoms. The quantitative estimate of drug-likeness (QED) is 0.297. The third-order valence-electron chi connectivity index (χ3n) is 9.31. The van der Waals surface area contributed by atoms with E-state index in [2.05, 4.69) is 21.7 Å². The fraction of sp³-hybridized carbons (Fsp3) is 0.429. The van der Waals surface area contributed by atoms with E-state index < -0.39 is 58.1 Å². The molecular formula is C35H39FN4O6S. The van der Waals surface area contributed by atoms with Crippen LogP contribution in [0.3, 0.4) is 0 Å². The number of β-amino-alcohol motifs (C(OH)–C–C–N with tert-alkyl or cyclic N) is 1. The van der Waals surface area contributed by atoms with Gasteiger partial charge in [0.25, 0.3) is 5.91 Å². The number of aliphatic hydroxyl groups excluding tert-OH is 1. The number of hydrogen-bond donors (Lipinski definition) is 3. The van der Waals surface area contributed by atoms with Gasteiger partial charge in [-0.2, -0.15) is 0 Å². The van der Waals surface area contributed by atoms with E-state index in [1.807, 2.05) is 6.08 Å². The van der Waals surface area contributed by atoms with Crippen LogP contribution in [0.2, 0.25) is 0 Å². The number of likely N-dealkylation sites (tertiary alicyclic amines) is 1. The fourth-order valence-electron chi connectivity index (χ4n) is 6.48. The summed E-state index contributed by atoms with van der Waals surface area (Å²) in [4.78, 5) is 45.3. The molecule has 0 spiro atoms. The highest BCUT2D eigenvalue weighted by Gasteiger charge is 2.39. The highest BCUT2D eigenvalue weighted by molar-refractivity contribution is 7.92. The second-order valence-corrected chi connectivity index (χ2v) is 15.1. The second kappa shape index (κ2) is 13.5. The number of aliphatic hydroxyl groups is 1. The topological polar surface area (TPSA) is 146 Å². The lowest BCUT2D eigenvalue weighted by atomic mass is 10.00. The number of aromatic nitrogens is 1. The molecule has 1 aromatic heterocycles. The van der Waals surface area contributed by atoms with E-state index in [9.17, 15) is 32.3 Å². The minimum Gasteiger partial charge on any atom is -0.391 e. The van der Waals surface area contributed by atoms with E-state index >= 15 is 0 Å². The summed E-state index contributed by atoms with van der Waals surface area (Å²) in [6, 6.07) is 10.6. The number of nitrogens with one attached hydrogen (secondary N) is 2. The molecule has 10 nitrogen and oxygen atoms in total. The molecule has 2 aliphatic carbocycles. The molecule has 1 saturated heterocycles. The van der Waals surface area contributed by atoms with Crippen LogP contribution >= 0.6 is 0 Å². The van der Waals surface area contributed by atoms with Gasteiger partial charge in [-0.25, -0.2) is 17.8 Å². The van der Waals surface area contributed by atoms with Crippen molar-refractivity contribution in [1.82, 2.24) is 20.5 Å². The average Bonchev–Trinajstić information content (AvgIpc) is 3.53. The van der Waals surface area contributed by atoms with Gasteiger partial charge in [0.1, 0.15) is 17.6 Å². The normalized spacial score (nSPS) is 21.0. The number of hydrogen-bond acceptors (Lipinski definition) is 7. The second-order valence-electron chi connectivity index (χ2n) is 12.8. The number of allylic oxidation sites excluding steroid dienone is 1. The van der Waals surface area contributed by atoms with Crippen molar-refractivity contribution in [1.29, 1.82) is 0 Å². The van der Waals surface area contributed by atoms with Gasteiger partial charge in [-0.3, -0.25) is 14.4 Å². The van der Waals surface area contributed by atoms with Crippen LogP contribution in [0.25, 0.3) is 17.0 Å². The van der Waals surface area contributed by atoms with Crippen molar-refractivity contribution >= 4 is 44.5 Å². The Kier molecular flexibility index (Phi) is 9.43. The Hall–Kier alpha value is -4.16. The summed E-state index contributed by atoms with van der Waals surface area (Å²) in [5, 5.41) is 16.0. The predicted octanol–water partition coefficient (Wildman–Crippen LogP) is 4.08. The Labute approximate surface area is 273 Å². The van der Waals surface area contributed by atoms with Gasteiger partial charge in [-0.05, 0) is 86.1 Å². The molecule has 0 radical (unpaired) electrons. The van der Waals surface area contributed by atoms with E-state index in [1.54, 1.807) is 31.2 Å². The van der Waals surface area contributed by atoms with Crippen LogP contribution < -0.4 is 10.6 Å². The minimum absolute atomic E-state index is 0.0358. The summed E-state index contributed by atoms with van der Waals surface area (Å²) in [7, 11) is -3.47. The largest absolute Gasteiger partial charge is 0.391 e. The number of benzene rings is 2. The fourth-order valence-corrected chi connectivity index (χ4v) is 8.37. The van der Waals surface area contributed by atoms with Crippen molar-refractivity contribution in [2.24, 2.45) is 5.92 Å². The number of fused-ring (bicyclic) bond motifs is 1. The lowest BCUT2D eigenvalue weighted by Crippen LogP contribution is -2.49. The molecule has 2 aromatic carbocycles. The molecule has 0 unspecified atom stereocenters. The standard InChI is InChI=1S/C35H39FN4O6S/c1-21(29-13-12-28(17-23(29)9-8-22-6-7-22)47(45,46)27-4-2-3-5-27)38-35(44)32-18-26(41)20-40(32)33(42)19-37-34(43)31-14-10-24-16-25(36)11-15-30(24)39-31/h8-17,21-22,26-27,32,41H,2-7,18-20H2,1H3,(H,37,43)(H,38,44)/b9-8+/t21-,26+,32-/m0/s1. The van der Waals surface area contributed by atoms with E-state index in [4.69, 9.17) is 0 Å². The molecule has 6 rings (SSSR count). The summed E-state index contributed by atoms with van der Waals surface area (Å²) in [5.41, 5.74) is 1.94. The zero-order chi connectivity index (χ0) is 33.3. The average molecular weight is 663 g/mol. The first-order valence-electron chi connectivity index (χ1n) is 16.2. The molecule has 3 atom stereocenters. The number of nitrogens with zero attached hydrogens (tertiary/aromatic N) is 2. The van der Waals surface area contributed by atoms with Gasteiger partial charge in [-0.1, -0.05) is 37.1 Å². The van der Waals surface area contributed by atoms with Crippen molar-refractivity contribution in [3.8, 4) is 0 Å². The number of halogens is 1. The van der Waals surface area contributed by atoms with Crippen LogP contribution in [0.15, 0.2) is 59.5 Å². The molecule has 2 heterocycles. The van der Waals surface area contributed by atoms with Gasteiger partial charge in [-0.15, -0.1) is 0 Å². The van der Waals surface area contributed by atoms with Gasteiger partial charge < -0.3 is 20.6 Å². The van der Waals surface area contributed by atoms with Gasteiger partial charge in [0.05, 0.1) is 34.4 Å². The Morgan fingerprint density at radius 1 is 1.06 bits per heavy atom. The molecule has 3 fully saturated rings. The van der Waals surface area contributed by atoms with E-state index in [1.165, 1.54) is 29.2 Å². The maximum atomic E-state index is 13.5. The van der Waals surface area contributed by atoms with Gasteiger partial charge >= 0.3 is 0 Å². The lowest BCUT2D eigenvalue weighted by Gasteiger charge is -2.26. The summed E-state index contributed by atoms with van der Waals surface area (Å²) < 4.78 is 40.2. The molecular weight excluding hydrogens is 623 g/mol. The molecule has 2 saturated carbocycles.